The SMILES string of the molecule is CN(C)C(=O)CC1CC2(CCN(Cc3nccs3)CC2)Oc2ccccc21. The average Bonchev–Trinajstić information content (AvgIpc) is 3.17. The van der Waals surface area contributed by atoms with Gasteiger partial charge in [-0.15, -0.1) is 11.3 Å². The zero-order valence-corrected chi connectivity index (χ0v) is 16.9. The van der Waals surface area contributed by atoms with Crippen LogP contribution in [0, 0.1) is 0 Å². The molecule has 1 fully saturated rings. The van der Waals surface area contributed by atoms with Crippen LogP contribution >= 0.6 is 11.3 Å². The maximum atomic E-state index is 12.4. The normalized spacial score (nSPS) is 21.5. The third kappa shape index (κ3) is 4.01. The Kier molecular flexibility index (Phi) is 5.19. The van der Waals surface area contributed by atoms with Gasteiger partial charge in [-0.1, -0.05) is 18.2 Å². The summed E-state index contributed by atoms with van der Waals surface area (Å²) < 4.78 is 6.55. The number of carbonyl (C=O) groups excluding carboxylic acids is 1. The smallest absolute Gasteiger partial charge is 0.222 e. The molecule has 27 heavy (non-hydrogen) atoms. The van der Waals surface area contributed by atoms with Gasteiger partial charge in [0, 0.05) is 51.1 Å². The van der Waals surface area contributed by atoms with Crippen LogP contribution < -0.4 is 4.74 Å². The van der Waals surface area contributed by atoms with Crippen molar-refractivity contribution in [3.05, 3.63) is 46.4 Å². The first-order chi connectivity index (χ1) is 13.0. The Hall–Kier alpha value is -1.92. The van der Waals surface area contributed by atoms with Crippen LogP contribution in [0.3, 0.4) is 0 Å². The van der Waals surface area contributed by atoms with Crippen molar-refractivity contribution in [2.75, 3.05) is 27.2 Å². The lowest BCUT2D eigenvalue weighted by atomic mass is 9.76. The van der Waals surface area contributed by atoms with Gasteiger partial charge in [0.15, 0.2) is 0 Å². The third-order valence-electron chi connectivity index (χ3n) is 5.83. The Labute approximate surface area is 165 Å². The zero-order chi connectivity index (χ0) is 18.9. The molecule has 0 saturated carbocycles. The zero-order valence-electron chi connectivity index (χ0n) is 16.1. The van der Waals surface area contributed by atoms with Gasteiger partial charge in [0.1, 0.15) is 16.4 Å². The highest BCUT2D eigenvalue weighted by Gasteiger charge is 2.43. The molecule has 2 aliphatic rings. The van der Waals surface area contributed by atoms with Gasteiger partial charge >= 0.3 is 0 Å². The number of amides is 1. The molecule has 1 unspecified atom stereocenters. The number of ether oxygens (including phenoxy) is 1. The predicted molar refractivity (Wildman–Crippen MR) is 107 cm³/mol. The van der Waals surface area contributed by atoms with Crippen LogP contribution in [0.4, 0.5) is 0 Å². The Morgan fingerprint density at radius 3 is 2.81 bits per heavy atom. The highest BCUT2D eigenvalue weighted by Crippen LogP contribution is 2.46. The van der Waals surface area contributed by atoms with Crippen molar-refractivity contribution in [2.24, 2.45) is 0 Å². The Balaban J connectivity index is 1.48. The number of nitrogens with zero attached hydrogens (tertiary/aromatic N) is 3. The molecule has 4 rings (SSSR count). The summed E-state index contributed by atoms with van der Waals surface area (Å²) in [7, 11) is 3.67. The first-order valence-corrected chi connectivity index (χ1v) is 10.5. The average molecular weight is 386 g/mol. The van der Waals surface area contributed by atoms with Crippen molar-refractivity contribution in [3.8, 4) is 5.75 Å². The van der Waals surface area contributed by atoms with Gasteiger partial charge in [-0.2, -0.15) is 0 Å². The Morgan fingerprint density at radius 1 is 1.33 bits per heavy atom. The molecule has 1 aromatic heterocycles. The molecule has 0 bridgehead atoms. The molecule has 1 saturated heterocycles. The maximum Gasteiger partial charge on any atom is 0.222 e. The van der Waals surface area contributed by atoms with E-state index in [1.807, 2.05) is 37.8 Å². The van der Waals surface area contributed by atoms with Crippen molar-refractivity contribution >= 4 is 17.2 Å². The van der Waals surface area contributed by atoms with Gasteiger partial charge in [0.05, 0.1) is 6.54 Å². The van der Waals surface area contributed by atoms with Crippen molar-refractivity contribution < 1.29 is 9.53 Å². The predicted octanol–water partition coefficient (Wildman–Crippen LogP) is 3.52. The number of benzene rings is 1. The number of piperidine rings is 1. The molecule has 3 heterocycles. The second-order valence-electron chi connectivity index (χ2n) is 7.92. The van der Waals surface area contributed by atoms with E-state index in [9.17, 15) is 4.79 Å². The van der Waals surface area contributed by atoms with Crippen LogP contribution in [0.5, 0.6) is 5.75 Å². The van der Waals surface area contributed by atoms with Crippen molar-refractivity contribution in [3.63, 3.8) is 0 Å². The van der Waals surface area contributed by atoms with E-state index in [2.05, 4.69) is 22.0 Å². The number of hydrogen-bond donors (Lipinski definition) is 0. The first kappa shape index (κ1) is 18.4. The fourth-order valence-electron chi connectivity index (χ4n) is 4.27. The number of aromatic nitrogens is 1. The second kappa shape index (κ2) is 7.60. The lowest BCUT2D eigenvalue weighted by Crippen LogP contribution is -2.50. The van der Waals surface area contributed by atoms with Crippen molar-refractivity contribution in [1.29, 1.82) is 0 Å². The quantitative estimate of drug-likeness (QED) is 0.808. The molecule has 2 aliphatic heterocycles. The number of fused-ring (bicyclic) bond motifs is 1. The van der Waals surface area contributed by atoms with Gasteiger partial charge in [0.25, 0.3) is 0 Å². The molecule has 0 radical (unpaired) electrons. The van der Waals surface area contributed by atoms with Crippen LogP contribution in [0.2, 0.25) is 0 Å². The Morgan fingerprint density at radius 2 is 2.11 bits per heavy atom. The summed E-state index contributed by atoms with van der Waals surface area (Å²) in [4.78, 5) is 21.0. The van der Waals surface area contributed by atoms with Crippen LogP contribution in [0.1, 0.15) is 42.2 Å². The molecular formula is C21H27N3O2S. The number of para-hydroxylation sites is 1. The lowest BCUT2D eigenvalue weighted by Gasteiger charge is -2.47. The molecule has 0 N–H and O–H groups in total. The van der Waals surface area contributed by atoms with E-state index in [4.69, 9.17) is 4.74 Å². The summed E-state index contributed by atoms with van der Waals surface area (Å²) in [6.45, 7) is 2.94. The van der Waals surface area contributed by atoms with E-state index in [-0.39, 0.29) is 17.4 Å². The minimum Gasteiger partial charge on any atom is -0.487 e. The summed E-state index contributed by atoms with van der Waals surface area (Å²) in [5.41, 5.74) is 1.04. The topological polar surface area (TPSA) is 45.7 Å². The van der Waals surface area contributed by atoms with E-state index in [0.29, 0.717) is 6.42 Å². The van der Waals surface area contributed by atoms with Crippen LogP contribution in [-0.4, -0.2) is 53.5 Å². The van der Waals surface area contributed by atoms with Gasteiger partial charge < -0.3 is 9.64 Å². The minimum atomic E-state index is -0.148. The van der Waals surface area contributed by atoms with Gasteiger partial charge in [-0.25, -0.2) is 4.98 Å². The summed E-state index contributed by atoms with van der Waals surface area (Å²) in [6, 6.07) is 8.25. The first-order valence-electron chi connectivity index (χ1n) is 9.63. The standard InChI is InChI=1S/C21H27N3O2S/c1-23(2)20(25)13-16-14-21(26-18-6-4-3-5-17(16)18)7-10-24(11-8-21)15-19-22-9-12-27-19/h3-6,9,12,16H,7-8,10-11,13-15H2,1-2H3. The van der Waals surface area contributed by atoms with Gasteiger partial charge in [0.2, 0.25) is 5.91 Å². The van der Waals surface area contributed by atoms with Gasteiger partial charge in [-0.3, -0.25) is 9.69 Å². The number of thiazole rings is 1. The van der Waals surface area contributed by atoms with E-state index < -0.39 is 0 Å². The summed E-state index contributed by atoms with van der Waals surface area (Å²) >= 11 is 1.72. The molecule has 1 atom stereocenters. The summed E-state index contributed by atoms with van der Waals surface area (Å²) in [5, 5.41) is 3.21. The second-order valence-corrected chi connectivity index (χ2v) is 8.90. The number of likely N-dealkylation sites (tertiary alicyclic amines) is 1. The van der Waals surface area contributed by atoms with Gasteiger partial charge in [-0.05, 0) is 30.9 Å². The van der Waals surface area contributed by atoms with E-state index >= 15 is 0 Å². The van der Waals surface area contributed by atoms with Crippen LogP contribution in [-0.2, 0) is 11.3 Å². The maximum absolute atomic E-state index is 12.4. The fourth-order valence-corrected chi connectivity index (χ4v) is 4.92. The molecular weight excluding hydrogens is 358 g/mol. The molecule has 6 heteroatoms. The summed E-state index contributed by atoms with van der Waals surface area (Å²) in [5.74, 6) is 1.39. The summed E-state index contributed by atoms with van der Waals surface area (Å²) in [6.07, 6.45) is 5.35. The van der Waals surface area contributed by atoms with E-state index in [1.54, 1.807) is 16.2 Å². The van der Waals surface area contributed by atoms with Crippen LogP contribution in [0.25, 0.3) is 0 Å². The number of hydrogen-bond acceptors (Lipinski definition) is 5. The number of carbonyl (C=O) groups is 1. The molecule has 0 aliphatic carbocycles. The minimum absolute atomic E-state index is 0.148. The monoisotopic (exact) mass is 385 g/mol. The molecule has 1 amide bonds. The molecule has 5 nitrogen and oxygen atoms in total. The molecule has 1 spiro atoms. The van der Waals surface area contributed by atoms with Crippen molar-refractivity contribution in [1.82, 2.24) is 14.8 Å². The Bertz CT molecular complexity index is 782. The molecule has 144 valence electrons. The molecule has 2 aromatic rings. The third-order valence-corrected chi connectivity index (χ3v) is 6.60. The largest absolute Gasteiger partial charge is 0.487 e. The fraction of sp³-hybridized carbons (Fsp3) is 0.524. The van der Waals surface area contributed by atoms with E-state index in [1.165, 1.54) is 10.6 Å². The van der Waals surface area contributed by atoms with Crippen molar-refractivity contribution in [2.45, 2.75) is 43.7 Å². The highest BCUT2D eigenvalue weighted by molar-refractivity contribution is 7.09. The lowest BCUT2D eigenvalue weighted by molar-refractivity contribution is -0.129. The molecule has 1 aromatic carbocycles. The van der Waals surface area contributed by atoms with Crippen LogP contribution in [0.15, 0.2) is 35.8 Å². The number of rotatable bonds is 4. The highest BCUT2D eigenvalue weighted by atomic mass is 32.1. The van der Waals surface area contributed by atoms with E-state index in [0.717, 1.165) is 44.6 Å².